The highest BCUT2D eigenvalue weighted by Gasteiger charge is 2.17. The van der Waals surface area contributed by atoms with E-state index in [0.29, 0.717) is 6.42 Å². The normalized spacial score (nSPS) is 12.6. The fourth-order valence-corrected chi connectivity index (χ4v) is 2.93. The number of aryl methyl sites for hydroxylation is 1. The molecule has 0 saturated heterocycles. The van der Waals surface area contributed by atoms with E-state index in [4.69, 9.17) is 17.3 Å². The van der Waals surface area contributed by atoms with Crippen molar-refractivity contribution in [1.82, 2.24) is 9.78 Å². The molecular weight excluding hydrogens is 326 g/mol. The van der Waals surface area contributed by atoms with Gasteiger partial charge in [-0.1, -0.05) is 36.7 Å². The van der Waals surface area contributed by atoms with Gasteiger partial charge in [0.25, 0.3) is 0 Å². The average Bonchev–Trinajstić information content (AvgIpc) is 2.74. The molecule has 0 aliphatic carbocycles. The Morgan fingerprint density at radius 3 is 2.84 bits per heavy atom. The molecule has 0 amide bonds. The first-order valence-electron chi connectivity index (χ1n) is 6.33. The van der Waals surface area contributed by atoms with Crippen LogP contribution in [0.1, 0.15) is 30.6 Å². The van der Waals surface area contributed by atoms with Gasteiger partial charge in [0.2, 0.25) is 0 Å². The van der Waals surface area contributed by atoms with Crippen LogP contribution >= 0.6 is 27.5 Å². The molecule has 1 heterocycles. The van der Waals surface area contributed by atoms with Crippen LogP contribution in [-0.4, -0.2) is 9.78 Å². The van der Waals surface area contributed by atoms with Crippen LogP contribution in [0.3, 0.4) is 0 Å². The third-order valence-electron chi connectivity index (χ3n) is 3.02. The number of rotatable bonds is 5. The van der Waals surface area contributed by atoms with Gasteiger partial charge in [-0.15, -0.1) is 0 Å². The summed E-state index contributed by atoms with van der Waals surface area (Å²) >= 11 is 9.70. The van der Waals surface area contributed by atoms with Crippen molar-refractivity contribution in [3.63, 3.8) is 0 Å². The Morgan fingerprint density at radius 2 is 2.16 bits per heavy atom. The third kappa shape index (κ3) is 3.38. The molecule has 1 unspecified atom stereocenters. The fraction of sp³-hybridized carbons (Fsp3) is 0.357. The van der Waals surface area contributed by atoms with Gasteiger partial charge < -0.3 is 5.73 Å². The van der Waals surface area contributed by atoms with Crippen LogP contribution in [-0.2, 0) is 13.0 Å². The average molecular weight is 343 g/mol. The number of benzene rings is 1. The molecule has 2 aromatic rings. The van der Waals surface area contributed by atoms with Crippen molar-refractivity contribution < 1.29 is 0 Å². The molecule has 0 aliphatic rings. The number of nitrogens with two attached hydrogens (primary N) is 1. The van der Waals surface area contributed by atoms with E-state index in [-0.39, 0.29) is 6.04 Å². The molecule has 102 valence electrons. The maximum absolute atomic E-state index is 6.32. The number of hydrogen-bond donors (Lipinski definition) is 1. The van der Waals surface area contributed by atoms with Gasteiger partial charge >= 0.3 is 0 Å². The molecule has 0 bridgehead atoms. The molecule has 1 atom stereocenters. The van der Waals surface area contributed by atoms with Crippen molar-refractivity contribution in [1.29, 1.82) is 0 Å². The molecule has 5 heteroatoms. The smallest absolute Gasteiger partial charge is 0.0696 e. The van der Waals surface area contributed by atoms with Gasteiger partial charge in [0, 0.05) is 11.6 Å². The first kappa shape index (κ1) is 14.6. The molecule has 0 spiro atoms. The summed E-state index contributed by atoms with van der Waals surface area (Å²) in [5.41, 5.74) is 8.42. The lowest BCUT2D eigenvalue weighted by Crippen LogP contribution is -2.19. The minimum Gasteiger partial charge on any atom is -0.322 e. The van der Waals surface area contributed by atoms with E-state index < -0.39 is 0 Å². The molecule has 0 saturated carbocycles. The Morgan fingerprint density at radius 1 is 1.42 bits per heavy atom. The Kier molecular flexibility index (Phi) is 5.02. The van der Waals surface area contributed by atoms with E-state index in [0.717, 1.165) is 33.7 Å². The van der Waals surface area contributed by atoms with Crippen molar-refractivity contribution in [3.8, 4) is 0 Å². The van der Waals surface area contributed by atoms with Gasteiger partial charge in [-0.05, 0) is 40.4 Å². The fourth-order valence-electron chi connectivity index (χ4n) is 2.13. The highest BCUT2D eigenvalue weighted by atomic mass is 79.9. The summed E-state index contributed by atoms with van der Waals surface area (Å²) in [5.74, 6) is 0. The summed E-state index contributed by atoms with van der Waals surface area (Å²) < 4.78 is 2.92. The van der Waals surface area contributed by atoms with Crippen LogP contribution in [0.15, 0.2) is 34.9 Å². The predicted molar refractivity (Wildman–Crippen MR) is 82.3 cm³/mol. The predicted octanol–water partition coefficient (Wildman–Crippen LogP) is 3.95. The number of nitrogens with zero attached hydrogens (tertiary/aromatic N) is 2. The molecule has 2 N–H and O–H groups in total. The van der Waals surface area contributed by atoms with Crippen molar-refractivity contribution >= 4 is 27.5 Å². The Hall–Kier alpha value is -0.840. The molecule has 19 heavy (non-hydrogen) atoms. The zero-order valence-corrected chi connectivity index (χ0v) is 13.2. The number of aromatic nitrogens is 2. The lowest BCUT2D eigenvalue weighted by Gasteiger charge is -2.15. The van der Waals surface area contributed by atoms with Crippen LogP contribution < -0.4 is 5.73 Å². The summed E-state index contributed by atoms with van der Waals surface area (Å²) in [7, 11) is 0. The zero-order valence-electron chi connectivity index (χ0n) is 10.8. The summed E-state index contributed by atoms with van der Waals surface area (Å²) in [6.07, 6.45) is 3.53. The minimum absolute atomic E-state index is 0.122. The number of hydrogen-bond acceptors (Lipinski definition) is 2. The molecule has 3 nitrogen and oxygen atoms in total. The molecular formula is C14H17BrClN3. The van der Waals surface area contributed by atoms with Crippen molar-refractivity contribution in [3.05, 3.63) is 51.2 Å². The lowest BCUT2D eigenvalue weighted by atomic mass is 10.0. The highest BCUT2D eigenvalue weighted by Crippen LogP contribution is 2.27. The lowest BCUT2D eigenvalue weighted by molar-refractivity contribution is 0.536. The Labute approximate surface area is 126 Å². The molecule has 0 aliphatic heterocycles. The van der Waals surface area contributed by atoms with E-state index in [9.17, 15) is 0 Å². The SMILES string of the molecule is CCCn1ncc(Br)c1C(N)Cc1ccccc1Cl. The molecule has 1 aromatic carbocycles. The quantitative estimate of drug-likeness (QED) is 0.894. The number of halogens is 2. The van der Waals surface area contributed by atoms with Crippen LogP contribution in [0.25, 0.3) is 0 Å². The zero-order chi connectivity index (χ0) is 13.8. The second kappa shape index (κ2) is 6.55. The van der Waals surface area contributed by atoms with Crippen LogP contribution in [0.4, 0.5) is 0 Å². The topological polar surface area (TPSA) is 43.8 Å². The molecule has 0 fully saturated rings. The van der Waals surface area contributed by atoms with E-state index in [1.807, 2.05) is 28.9 Å². The van der Waals surface area contributed by atoms with Crippen molar-refractivity contribution in [2.24, 2.45) is 5.73 Å². The monoisotopic (exact) mass is 341 g/mol. The molecule has 2 rings (SSSR count). The van der Waals surface area contributed by atoms with Gasteiger partial charge in [-0.3, -0.25) is 4.68 Å². The highest BCUT2D eigenvalue weighted by molar-refractivity contribution is 9.10. The van der Waals surface area contributed by atoms with Crippen molar-refractivity contribution in [2.75, 3.05) is 0 Å². The van der Waals surface area contributed by atoms with Crippen molar-refractivity contribution in [2.45, 2.75) is 32.4 Å². The van der Waals surface area contributed by atoms with Gasteiger partial charge in [0.15, 0.2) is 0 Å². The van der Waals surface area contributed by atoms with E-state index >= 15 is 0 Å². The molecule has 0 radical (unpaired) electrons. The first-order chi connectivity index (χ1) is 9.13. The maximum atomic E-state index is 6.32. The van der Waals surface area contributed by atoms with E-state index in [2.05, 4.69) is 28.0 Å². The van der Waals surface area contributed by atoms with Gasteiger partial charge in [-0.25, -0.2) is 0 Å². The molecule has 1 aromatic heterocycles. The van der Waals surface area contributed by atoms with Gasteiger partial charge in [-0.2, -0.15) is 5.10 Å². The minimum atomic E-state index is -0.122. The maximum Gasteiger partial charge on any atom is 0.0696 e. The van der Waals surface area contributed by atoms with Crippen LogP contribution in [0.2, 0.25) is 5.02 Å². The van der Waals surface area contributed by atoms with E-state index in [1.165, 1.54) is 0 Å². The summed E-state index contributed by atoms with van der Waals surface area (Å²) in [6.45, 7) is 3.00. The van der Waals surface area contributed by atoms with Gasteiger partial charge in [0.05, 0.1) is 22.4 Å². The summed E-state index contributed by atoms with van der Waals surface area (Å²) in [5, 5.41) is 5.11. The standard InChI is InChI=1S/C14H17BrClN3/c1-2-7-19-14(11(15)9-18-19)13(17)8-10-5-3-4-6-12(10)16/h3-6,9,13H,2,7-8,17H2,1H3. The second-order valence-electron chi connectivity index (χ2n) is 4.50. The Bertz CT molecular complexity index is 553. The largest absolute Gasteiger partial charge is 0.322 e. The summed E-state index contributed by atoms with van der Waals surface area (Å²) in [6, 6.07) is 7.68. The summed E-state index contributed by atoms with van der Waals surface area (Å²) in [4.78, 5) is 0. The van der Waals surface area contributed by atoms with Crippen LogP contribution in [0.5, 0.6) is 0 Å². The third-order valence-corrected chi connectivity index (χ3v) is 4.00. The first-order valence-corrected chi connectivity index (χ1v) is 7.50. The Balaban J connectivity index is 2.22. The van der Waals surface area contributed by atoms with E-state index in [1.54, 1.807) is 6.20 Å². The van der Waals surface area contributed by atoms with Gasteiger partial charge in [0.1, 0.15) is 0 Å². The second-order valence-corrected chi connectivity index (χ2v) is 5.76. The van der Waals surface area contributed by atoms with Crippen LogP contribution in [0, 0.1) is 0 Å².